The number of carbonyl (C=O) groups is 4. The maximum Gasteiger partial charge on any atom is 0.335 e. The highest BCUT2D eigenvalue weighted by Crippen LogP contribution is 2.12. The number of nitrogens with zero attached hydrogens (tertiary/aromatic N) is 1. The minimum Gasteiger partial charge on any atom is -0.378 e. The van der Waals surface area contributed by atoms with Crippen molar-refractivity contribution in [2.24, 2.45) is 0 Å². The van der Waals surface area contributed by atoms with Crippen LogP contribution < -0.4 is 5.32 Å². The zero-order valence-electron chi connectivity index (χ0n) is 17.5. The van der Waals surface area contributed by atoms with Crippen LogP contribution in [-0.4, -0.2) is 88.2 Å². The van der Waals surface area contributed by atoms with Crippen LogP contribution in [0.1, 0.15) is 39.0 Å². The minimum atomic E-state index is -0.696. The quantitative estimate of drug-likeness (QED) is 0.234. The van der Waals surface area contributed by atoms with Crippen molar-refractivity contribution in [3.05, 3.63) is 0 Å². The molecule has 1 N–H and O–H groups in total. The van der Waals surface area contributed by atoms with Crippen LogP contribution in [-0.2, 0) is 43.0 Å². The van der Waals surface area contributed by atoms with E-state index < -0.39 is 17.8 Å². The molecule has 11 heteroatoms. The molecule has 0 spiro atoms. The Hall–Kier alpha value is -2.08. The first-order valence-corrected chi connectivity index (χ1v) is 10.2. The summed E-state index contributed by atoms with van der Waals surface area (Å²) >= 11 is 0. The first kappa shape index (κ1) is 26.0. The summed E-state index contributed by atoms with van der Waals surface area (Å²) in [6.07, 6.45) is 1.42. The maximum atomic E-state index is 11.5. The number of rotatable bonds is 18. The van der Waals surface area contributed by atoms with Crippen molar-refractivity contribution in [2.45, 2.75) is 39.0 Å². The lowest BCUT2D eigenvalue weighted by molar-refractivity contribution is -0.198. The van der Waals surface area contributed by atoms with Gasteiger partial charge in [-0.3, -0.25) is 14.4 Å². The van der Waals surface area contributed by atoms with E-state index in [9.17, 15) is 19.2 Å². The molecule has 1 fully saturated rings. The van der Waals surface area contributed by atoms with Crippen molar-refractivity contribution in [1.82, 2.24) is 10.4 Å². The first-order chi connectivity index (χ1) is 14.5. The number of nitrogens with one attached hydrogen (secondary N) is 1. The third kappa shape index (κ3) is 12.5. The number of carbonyl (C=O) groups excluding carboxylic acids is 4. The van der Waals surface area contributed by atoms with Gasteiger partial charge in [-0.15, -0.1) is 5.06 Å². The van der Waals surface area contributed by atoms with Gasteiger partial charge in [-0.1, -0.05) is 6.92 Å². The number of hydrogen-bond donors (Lipinski definition) is 1. The molecule has 30 heavy (non-hydrogen) atoms. The highest BCUT2D eigenvalue weighted by atomic mass is 16.7. The van der Waals surface area contributed by atoms with Gasteiger partial charge in [0.05, 0.1) is 59.3 Å². The number of amides is 3. The molecule has 1 saturated heterocycles. The molecule has 172 valence electrons. The van der Waals surface area contributed by atoms with Gasteiger partial charge in [0.25, 0.3) is 11.8 Å². The van der Waals surface area contributed by atoms with Crippen molar-refractivity contribution in [3.8, 4) is 0 Å². The average Bonchev–Trinajstić information content (AvgIpc) is 3.03. The lowest BCUT2D eigenvalue weighted by Gasteiger charge is -2.12. The van der Waals surface area contributed by atoms with E-state index in [1.54, 1.807) is 0 Å². The van der Waals surface area contributed by atoms with Crippen LogP contribution in [0.5, 0.6) is 0 Å². The molecule has 1 heterocycles. The summed E-state index contributed by atoms with van der Waals surface area (Å²) in [5, 5.41) is 3.27. The molecule has 0 aromatic rings. The van der Waals surface area contributed by atoms with Crippen molar-refractivity contribution in [1.29, 1.82) is 0 Å². The third-order valence-corrected chi connectivity index (χ3v) is 3.81. The van der Waals surface area contributed by atoms with E-state index in [-0.39, 0.29) is 31.8 Å². The van der Waals surface area contributed by atoms with E-state index in [0.717, 1.165) is 6.42 Å². The molecule has 0 aliphatic carbocycles. The van der Waals surface area contributed by atoms with Gasteiger partial charge in [0, 0.05) is 25.8 Å². The van der Waals surface area contributed by atoms with Crippen LogP contribution in [0.2, 0.25) is 0 Å². The van der Waals surface area contributed by atoms with Gasteiger partial charge in [-0.25, -0.2) is 4.79 Å². The average molecular weight is 432 g/mol. The first-order valence-electron chi connectivity index (χ1n) is 10.2. The molecule has 0 bridgehead atoms. The molecule has 11 nitrogen and oxygen atoms in total. The predicted molar refractivity (Wildman–Crippen MR) is 103 cm³/mol. The van der Waals surface area contributed by atoms with Gasteiger partial charge in [-0.2, -0.15) is 0 Å². The molecule has 0 aromatic heterocycles. The highest BCUT2D eigenvalue weighted by Gasteiger charge is 2.32. The summed E-state index contributed by atoms with van der Waals surface area (Å²) in [6, 6.07) is 0. The van der Waals surface area contributed by atoms with Gasteiger partial charge in [0.15, 0.2) is 0 Å². The van der Waals surface area contributed by atoms with Gasteiger partial charge in [0.1, 0.15) is 0 Å². The molecule has 1 rings (SSSR count). The minimum absolute atomic E-state index is 0.0356. The SMILES string of the molecule is CCCC(=O)NCCOCCOCCOCCOCCC(=O)ON1C(=O)CCC1=O. The second-order valence-electron chi connectivity index (χ2n) is 6.34. The fourth-order valence-electron chi connectivity index (χ4n) is 2.30. The summed E-state index contributed by atoms with van der Waals surface area (Å²) in [7, 11) is 0. The van der Waals surface area contributed by atoms with Crippen LogP contribution in [0, 0.1) is 0 Å². The number of imide groups is 1. The molecule has 0 unspecified atom stereocenters. The Balaban J connectivity index is 1.79. The van der Waals surface area contributed by atoms with E-state index in [1.807, 2.05) is 6.92 Å². The van der Waals surface area contributed by atoms with E-state index in [2.05, 4.69) is 5.32 Å². The molecule has 0 aromatic carbocycles. The Morgan fingerprint density at radius 1 is 0.800 bits per heavy atom. The van der Waals surface area contributed by atoms with Crippen LogP contribution in [0.3, 0.4) is 0 Å². The third-order valence-electron chi connectivity index (χ3n) is 3.81. The van der Waals surface area contributed by atoms with E-state index >= 15 is 0 Å². The van der Waals surface area contributed by atoms with Crippen molar-refractivity contribution >= 4 is 23.7 Å². The van der Waals surface area contributed by atoms with Gasteiger partial charge < -0.3 is 29.1 Å². The zero-order valence-corrected chi connectivity index (χ0v) is 17.5. The fourth-order valence-corrected chi connectivity index (χ4v) is 2.30. The topological polar surface area (TPSA) is 130 Å². The van der Waals surface area contributed by atoms with Crippen LogP contribution in [0.25, 0.3) is 0 Å². The van der Waals surface area contributed by atoms with E-state index in [0.29, 0.717) is 64.3 Å². The lowest BCUT2D eigenvalue weighted by Crippen LogP contribution is -2.32. The summed E-state index contributed by atoms with van der Waals surface area (Å²) in [4.78, 5) is 50.1. The van der Waals surface area contributed by atoms with Gasteiger partial charge in [0.2, 0.25) is 5.91 Å². The monoisotopic (exact) mass is 432 g/mol. The second kappa shape index (κ2) is 16.7. The lowest BCUT2D eigenvalue weighted by atomic mass is 10.3. The molecule has 1 aliphatic heterocycles. The fraction of sp³-hybridized carbons (Fsp3) is 0.789. The van der Waals surface area contributed by atoms with Crippen molar-refractivity contribution in [3.63, 3.8) is 0 Å². The Labute approximate surface area is 176 Å². The normalized spacial score (nSPS) is 13.7. The van der Waals surface area contributed by atoms with Crippen molar-refractivity contribution < 1.29 is 43.0 Å². The number of hydroxylamine groups is 2. The Kier molecular flexibility index (Phi) is 14.4. The molecular weight excluding hydrogens is 400 g/mol. The number of ether oxygens (including phenoxy) is 4. The highest BCUT2D eigenvalue weighted by molar-refractivity contribution is 6.01. The van der Waals surface area contributed by atoms with Crippen LogP contribution >= 0.6 is 0 Å². The zero-order chi connectivity index (χ0) is 22.0. The molecule has 0 radical (unpaired) electrons. The Morgan fingerprint density at radius 3 is 1.83 bits per heavy atom. The second-order valence-corrected chi connectivity index (χ2v) is 6.34. The Morgan fingerprint density at radius 2 is 1.30 bits per heavy atom. The molecule has 0 atom stereocenters. The van der Waals surface area contributed by atoms with E-state index in [4.69, 9.17) is 23.8 Å². The van der Waals surface area contributed by atoms with Crippen molar-refractivity contribution in [2.75, 3.05) is 59.4 Å². The summed E-state index contributed by atoms with van der Waals surface area (Å²) < 4.78 is 21.2. The summed E-state index contributed by atoms with van der Waals surface area (Å²) in [5.41, 5.74) is 0. The standard InChI is InChI=1S/C19H32N2O9/c1-2-3-16(22)20-7-9-27-11-13-29-15-14-28-12-10-26-8-6-19(25)30-21-17(23)4-5-18(21)24/h2-15H2,1H3,(H,20,22). The largest absolute Gasteiger partial charge is 0.378 e. The molecular formula is C19H32N2O9. The molecule has 3 amide bonds. The summed E-state index contributed by atoms with van der Waals surface area (Å²) in [6.45, 7) is 5.33. The summed E-state index contributed by atoms with van der Waals surface area (Å²) in [5.74, 6) is -1.67. The smallest absolute Gasteiger partial charge is 0.335 e. The molecule has 0 saturated carbocycles. The Bertz CT molecular complexity index is 526. The molecule has 1 aliphatic rings. The maximum absolute atomic E-state index is 11.5. The predicted octanol–water partition coefficient (Wildman–Crippen LogP) is -0.0336. The van der Waals surface area contributed by atoms with E-state index in [1.165, 1.54) is 0 Å². The number of hydrogen-bond acceptors (Lipinski definition) is 9. The van der Waals surface area contributed by atoms with Crippen LogP contribution in [0.15, 0.2) is 0 Å². The van der Waals surface area contributed by atoms with Gasteiger partial charge >= 0.3 is 5.97 Å². The van der Waals surface area contributed by atoms with Crippen LogP contribution in [0.4, 0.5) is 0 Å². The van der Waals surface area contributed by atoms with Gasteiger partial charge in [-0.05, 0) is 6.42 Å².